The first-order valence-electron chi connectivity index (χ1n) is 8.82. The van der Waals surface area contributed by atoms with Gasteiger partial charge in [0.05, 0.1) is 6.04 Å². The number of carbonyl (C=O) groups excluding carboxylic acids is 1. The quantitative estimate of drug-likeness (QED) is 0.804. The molecule has 0 aliphatic heterocycles. The molecule has 25 heavy (non-hydrogen) atoms. The van der Waals surface area contributed by atoms with Gasteiger partial charge in [-0.2, -0.15) is 0 Å². The number of nitrogens with one attached hydrogen (secondary N) is 1. The predicted octanol–water partition coefficient (Wildman–Crippen LogP) is 2.22. The fourth-order valence-corrected chi connectivity index (χ4v) is 3.27. The second-order valence-electron chi connectivity index (χ2n) is 6.39. The minimum absolute atomic E-state index is 0.160. The van der Waals surface area contributed by atoms with Crippen LogP contribution in [-0.2, 0) is 0 Å². The number of nitrogens with two attached hydrogens (primary N) is 1. The SMILES string of the molecule is C[C@@H](NC(=O)c1cccc(OCCN)c1)c1nncn1C1CCCC1. The van der Waals surface area contributed by atoms with Crippen molar-refractivity contribution in [2.75, 3.05) is 13.2 Å². The summed E-state index contributed by atoms with van der Waals surface area (Å²) in [4.78, 5) is 12.6. The van der Waals surface area contributed by atoms with E-state index >= 15 is 0 Å². The summed E-state index contributed by atoms with van der Waals surface area (Å²) in [5, 5.41) is 11.3. The molecule has 1 aliphatic rings. The number of aromatic nitrogens is 3. The van der Waals surface area contributed by atoms with Crippen molar-refractivity contribution in [2.45, 2.75) is 44.7 Å². The summed E-state index contributed by atoms with van der Waals surface area (Å²) < 4.78 is 7.59. The Morgan fingerprint density at radius 1 is 1.44 bits per heavy atom. The van der Waals surface area contributed by atoms with Crippen LogP contribution < -0.4 is 15.8 Å². The molecule has 0 spiro atoms. The highest BCUT2D eigenvalue weighted by atomic mass is 16.5. The normalized spacial score (nSPS) is 15.9. The fraction of sp³-hybridized carbons (Fsp3) is 0.500. The summed E-state index contributed by atoms with van der Waals surface area (Å²) in [7, 11) is 0. The van der Waals surface area contributed by atoms with Gasteiger partial charge >= 0.3 is 0 Å². The molecule has 7 heteroatoms. The lowest BCUT2D eigenvalue weighted by molar-refractivity contribution is 0.0936. The van der Waals surface area contributed by atoms with Gasteiger partial charge in [-0.3, -0.25) is 4.79 Å². The zero-order valence-corrected chi connectivity index (χ0v) is 14.5. The van der Waals surface area contributed by atoms with Crippen molar-refractivity contribution in [2.24, 2.45) is 5.73 Å². The van der Waals surface area contributed by atoms with Crippen LogP contribution in [0.5, 0.6) is 5.75 Å². The maximum atomic E-state index is 12.6. The molecule has 0 saturated heterocycles. The molecule has 3 N–H and O–H groups in total. The van der Waals surface area contributed by atoms with Gasteiger partial charge < -0.3 is 20.4 Å². The van der Waals surface area contributed by atoms with Crippen LogP contribution in [0.2, 0.25) is 0 Å². The minimum atomic E-state index is -0.218. The molecule has 0 radical (unpaired) electrons. The Kier molecular flexibility index (Phi) is 5.65. The number of rotatable bonds is 7. The Bertz CT molecular complexity index is 709. The molecule has 1 amide bonds. The van der Waals surface area contributed by atoms with Gasteiger partial charge in [-0.25, -0.2) is 0 Å². The van der Waals surface area contributed by atoms with E-state index in [-0.39, 0.29) is 11.9 Å². The molecule has 2 aromatic rings. The van der Waals surface area contributed by atoms with Crippen LogP contribution in [-0.4, -0.2) is 33.8 Å². The molecule has 1 aliphatic carbocycles. The third-order valence-corrected chi connectivity index (χ3v) is 4.54. The van der Waals surface area contributed by atoms with E-state index in [1.54, 1.807) is 24.5 Å². The summed E-state index contributed by atoms with van der Waals surface area (Å²) in [6.45, 7) is 2.79. The molecule has 1 atom stereocenters. The van der Waals surface area contributed by atoms with Gasteiger partial charge in [-0.15, -0.1) is 10.2 Å². The Hall–Kier alpha value is -2.41. The van der Waals surface area contributed by atoms with E-state index in [9.17, 15) is 4.79 Å². The van der Waals surface area contributed by atoms with Crippen molar-refractivity contribution in [3.8, 4) is 5.75 Å². The highest BCUT2D eigenvalue weighted by Crippen LogP contribution is 2.31. The van der Waals surface area contributed by atoms with E-state index in [1.807, 2.05) is 13.0 Å². The van der Waals surface area contributed by atoms with Crippen LogP contribution in [0, 0.1) is 0 Å². The molecule has 0 bridgehead atoms. The largest absolute Gasteiger partial charge is 0.492 e. The van der Waals surface area contributed by atoms with Crippen LogP contribution in [0.4, 0.5) is 0 Å². The molecule has 1 saturated carbocycles. The molecule has 7 nitrogen and oxygen atoms in total. The number of amides is 1. The number of nitrogens with zero attached hydrogens (tertiary/aromatic N) is 3. The lowest BCUT2D eigenvalue weighted by Crippen LogP contribution is -2.29. The van der Waals surface area contributed by atoms with E-state index in [0.717, 1.165) is 18.7 Å². The summed E-state index contributed by atoms with van der Waals surface area (Å²) in [5.41, 5.74) is 5.99. The van der Waals surface area contributed by atoms with Gasteiger partial charge in [0.25, 0.3) is 5.91 Å². The minimum Gasteiger partial charge on any atom is -0.492 e. The summed E-state index contributed by atoms with van der Waals surface area (Å²) in [5.74, 6) is 1.28. The molecule has 3 rings (SSSR count). The second-order valence-corrected chi connectivity index (χ2v) is 6.39. The van der Waals surface area contributed by atoms with Gasteiger partial charge in [0.15, 0.2) is 5.82 Å². The van der Waals surface area contributed by atoms with E-state index in [2.05, 4.69) is 20.1 Å². The lowest BCUT2D eigenvalue weighted by atomic mass is 10.1. The van der Waals surface area contributed by atoms with Crippen molar-refractivity contribution in [3.05, 3.63) is 42.0 Å². The molecule has 1 aromatic carbocycles. The lowest BCUT2D eigenvalue weighted by Gasteiger charge is -2.19. The number of benzene rings is 1. The smallest absolute Gasteiger partial charge is 0.251 e. The molecule has 1 heterocycles. The summed E-state index contributed by atoms with van der Waals surface area (Å²) in [6.07, 6.45) is 6.53. The highest BCUT2D eigenvalue weighted by molar-refractivity contribution is 5.94. The van der Waals surface area contributed by atoms with Crippen molar-refractivity contribution in [3.63, 3.8) is 0 Å². The predicted molar refractivity (Wildman–Crippen MR) is 94.4 cm³/mol. The average Bonchev–Trinajstić information content (AvgIpc) is 3.30. The molecule has 1 fully saturated rings. The van der Waals surface area contributed by atoms with E-state index in [4.69, 9.17) is 10.5 Å². The van der Waals surface area contributed by atoms with Crippen molar-refractivity contribution >= 4 is 5.91 Å². The number of hydrogen-bond donors (Lipinski definition) is 2. The maximum Gasteiger partial charge on any atom is 0.251 e. The second kappa shape index (κ2) is 8.11. The van der Waals surface area contributed by atoms with Crippen LogP contribution in [0.15, 0.2) is 30.6 Å². The first-order valence-corrected chi connectivity index (χ1v) is 8.82. The Morgan fingerprint density at radius 3 is 3.00 bits per heavy atom. The summed E-state index contributed by atoms with van der Waals surface area (Å²) in [6, 6.07) is 7.32. The van der Waals surface area contributed by atoms with E-state index in [0.29, 0.717) is 30.5 Å². The third kappa shape index (κ3) is 4.17. The van der Waals surface area contributed by atoms with Crippen molar-refractivity contribution in [1.82, 2.24) is 20.1 Å². The first kappa shape index (κ1) is 17.4. The van der Waals surface area contributed by atoms with Crippen LogP contribution in [0.1, 0.15) is 60.9 Å². The third-order valence-electron chi connectivity index (χ3n) is 4.54. The average molecular weight is 343 g/mol. The van der Waals surface area contributed by atoms with Crippen LogP contribution >= 0.6 is 0 Å². The monoisotopic (exact) mass is 343 g/mol. The highest BCUT2D eigenvalue weighted by Gasteiger charge is 2.23. The topological polar surface area (TPSA) is 95.1 Å². The molecular weight excluding hydrogens is 318 g/mol. The number of hydrogen-bond acceptors (Lipinski definition) is 5. The standard InChI is InChI=1S/C18H25N5O2/c1-13(17-22-20-12-23(17)15-6-2-3-7-15)21-18(24)14-5-4-8-16(11-14)25-10-9-19/h4-5,8,11-13,15H,2-3,6-7,9-10,19H2,1H3,(H,21,24)/t13-/m1/s1. The van der Waals surface area contributed by atoms with Gasteiger partial charge in [0.1, 0.15) is 18.7 Å². The molecule has 0 unspecified atom stereocenters. The van der Waals surface area contributed by atoms with Crippen LogP contribution in [0.3, 0.4) is 0 Å². The summed E-state index contributed by atoms with van der Waals surface area (Å²) >= 11 is 0. The van der Waals surface area contributed by atoms with Crippen molar-refractivity contribution < 1.29 is 9.53 Å². The number of carbonyl (C=O) groups is 1. The maximum absolute atomic E-state index is 12.6. The number of ether oxygens (including phenoxy) is 1. The van der Waals surface area contributed by atoms with Gasteiger partial charge in [-0.1, -0.05) is 18.9 Å². The fourth-order valence-electron chi connectivity index (χ4n) is 3.27. The molecule has 134 valence electrons. The van der Waals surface area contributed by atoms with E-state index in [1.165, 1.54) is 12.8 Å². The van der Waals surface area contributed by atoms with E-state index < -0.39 is 0 Å². The zero-order chi connectivity index (χ0) is 17.6. The Morgan fingerprint density at radius 2 is 2.24 bits per heavy atom. The van der Waals surface area contributed by atoms with Gasteiger partial charge in [0, 0.05) is 18.2 Å². The van der Waals surface area contributed by atoms with Crippen LogP contribution in [0.25, 0.3) is 0 Å². The van der Waals surface area contributed by atoms with Gasteiger partial charge in [0.2, 0.25) is 0 Å². The van der Waals surface area contributed by atoms with Crippen molar-refractivity contribution in [1.29, 1.82) is 0 Å². The van der Waals surface area contributed by atoms with Gasteiger partial charge in [-0.05, 0) is 38.0 Å². The Balaban J connectivity index is 1.68. The molecular formula is C18H25N5O2. The molecule has 1 aromatic heterocycles. The first-order chi connectivity index (χ1) is 12.2. The zero-order valence-electron chi connectivity index (χ0n) is 14.5. The Labute approximate surface area is 147 Å².